The Morgan fingerprint density at radius 2 is 1.58 bits per heavy atom. The zero-order valence-electron chi connectivity index (χ0n) is 9.48. The molecule has 0 fully saturated rings. The van der Waals surface area contributed by atoms with Crippen LogP contribution in [0, 0.1) is 0 Å². The average Bonchev–Trinajstić information content (AvgIpc) is 2.26. The molecule has 0 aliphatic rings. The number of aromatic carboxylic acids is 2. The molecule has 1 aromatic carbocycles. The number of rotatable bonds is 5. The first-order valence-corrected chi connectivity index (χ1v) is 6.45. The van der Waals surface area contributed by atoms with Crippen LogP contribution in [-0.2, 0) is 16.5 Å². The smallest absolute Gasteiger partial charge is 0.335 e. The van der Waals surface area contributed by atoms with Crippen molar-refractivity contribution in [3.63, 3.8) is 0 Å². The minimum absolute atomic E-state index is 0.0394. The van der Waals surface area contributed by atoms with Gasteiger partial charge in [0.05, 0.1) is 16.5 Å². The fraction of sp³-hybridized carbons (Fsp3) is 0.0909. The predicted octanol–water partition coefficient (Wildman–Crippen LogP) is 1.03. The third kappa shape index (κ3) is 4.19. The lowest BCUT2D eigenvalue weighted by atomic mass is 9.98. The largest absolute Gasteiger partial charge is 0.478 e. The van der Waals surface area contributed by atoms with Crippen molar-refractivity contribution in [2.24, 2.45) is 0 Å². The van der Waals surface area contributed by atoms with Crippen molar-refractivity contribution in [1.29, 1.82) is 0 Å². The van der Waals surface area contributed by atoms with E-state index in [9.17, 15) is 18.0 Å². The predicted molar refractivity (Wildman–Crippen MR) is 64.8 cm³/mol. The number of benzene rings is 1. The van der Waals surface area contributed by atoms with Crippen molar-refractivity contribution in [2.75, 3.05) is 0 Å². The third-order valence-electron chi connectivity index (χ3n) is 2.23. The first-order valence-electron chi connectivity index (χ1n) is 4.95. The summed E-state index contributed by atoms with van der Waals surface area (Å²) in [6, 6.07) is 3.71. The quantitative estimate of drug-likeness (QED) is 0.689. The maximum absolute atomic E-state index is 11.0. The molecule has 0 unspecified atom stereocenters. The van der Waals surface area contributed by atoms with Gasteiger partial charge in [-0.25, -0.2) is 9.59 Å². The lowest BCUT2D eigenvalue weighted by Crippen LogP contribution is -2.09. The monoisotopic (exact) mass is 286 g/mol. The number of hydrogen-bond donors (Lipinski definition) is 3. The van der Waals surface area contributed by atoms with Crippen LogP contribution in [0.1, 0.15) is 26.3 Å². The van der Waals surface area contributed by atoms with Crippen molar-refractivity contribution in [3.8, 4) is 0 Å². The molecule has 3 N–H and O–H groups in total. The van der Waals surface area contributed by atoms with Crippen molar-refractivity contribution in [2.45, 2.75) is 6.42 Å². The zero-order valence-corrected chi connectivity index (χ0v) is 10.3. The molecular formula is C11H10O7S. The van der Waals surface area contributed by atoms with Gasteiger partial charge in [-0.2, -0.15) is 8.42 Å². The second kappa shape index (κ2) is 5.63. The van der Waals surface area contributed by atoms with E-state index in [-0.39, 0.29) is 23.1 Å². The average molecular weight is 286 g/mol. The summed E-state index contributed by atoms with van der Waals surface area (Å²) in [7, 11) is -4.34. The molecule has 0 aliphatic carbocycles. The molecule has 0 aliphatic heterocycles. The van der Waals surface area contributed by atoms with Crippen LogP contribution >= 0.6 is 0 Å². The Bertz CT molecular complexity index is 611. The molecule has 102 valence electrons. The van der Waals surface area contributed by atoms with E-state index in [1.54, 1.807) is 0 Å². The van der Waals surface area contributed by atoms with Crippen LogP contribution < -0.4 is 0 Å². The van der Waals surface area contributed by atoms with Crippen molar-refractivity contribution < 1.29 is 32.8 Å². The van der Waals surface area contributed by atoms with E-state index in [4.69, 9.17) is 14.8 Å². The fourth-order valence-corrected chi connectivity index (χ4v) is 1.83. The van der Waals surface area contributed by atoms with Gasteiger partial charge in [-0.15, -0.1) is 0 Å². The van der Waals surface area contributed by atoms with Crippen LogP contribution in [0.15, 0.2) is 29.7 Å². The molecule has 1 aromatic rings. The van der Waals surface area contributed by atoms with Gasteiger partial charge >= 0.3 is 11.9 Å². The van der Waals surface area contributed by atoms with Gasteiger partial charge < -0.3 is 10.2 Å². The van der Waals surface area contributed by atoms with E-state index in [2.05, 4.69) is 0 Å². The molecule has 0 bridgehead atoms. The summed E-state index contributed by atoms with van der Waals surface area (Å²) in [4.78, 5) is 21.9. The van der Waals surface area contributed by atoms with Gasteiger partial charge in [0.15, 0.2) is 0 Å². The van der Waals surface area contributed by atoms with Crippen LogP contribution in [0.3, 0.4) is 0 Å². The van der Waals surface area contributed by atoms with Crippen molar-refractivity contribution >= 4 is 22.1 Å². The summed E-state index contributed by atoms with van der Waals surface area (Å²) in [5, 5.41) is 18.4. The molecule has 0 amide bonds. The summed E-state index contributed by atoms with van der Waals surface area (Å²) in [5.74, 6) is -2.64. The number of carboxylic acids is 2. The van der Waals surface area contributed by atoms with Gasteiger partial charge in [0.25, 0.3) is 10.1 Å². The summed E-state index contributed by atoms with van der Waals surface area (Å²) in [6.07, 6.45) is 0.730. The first-order chi connectivity index (χ1) is 8.72. The normalized spacial score (nSPS) is 11.6. The highest BCUT2D eigenvalue weighted by molar-refractivity contribution is 7.88. The van der Waals surface area contributed by atoms with E-state index in [1.165, 1.54) is 18.2 Å². The highest BCUT2D eigenvalue weighted by atomic mass is 32.2. The molecule has 0 aromatic heterocycles. The second-order valence-electron chi connectivity index (χ2n) is 3.53. The molecule has 7 nitrogen and oxygen atoms in total. The Morgan fingerprint density at radius 1 is 1.11 bits per heavy atom. The van der Waals surface area contributed by atoms with E-state index in [1.807, 2.05) is 0 Å². The highest BCUT2D eigenvalue weighted by Crippen LogP contribution is 2.17. The molecule has 0 radical (unpaired) electrons. The van der Waals surface area contributed by atoms with Gasteiger partial charge in [0.1, 0.15) is 0 Å². The van der Waals surface area contributed by atoms with E-state index >= 15 is 0 Å². The van der Waals surface area contributed by atoms with Gasteiger partial charge in [-0.1, -0.05) is 12.1 Å². The Morgan fingerprint density at radius 3 is 1.95 bits per heavy atom. The summed E-state index contributed by atoms with van der Waals surface area (Å²) in [6.45, 7) is 0. The summed E-state index contributed by atoms with van der Waals surface area (Å²) in [5.41, 5.74) is -0.512. The molecule has 0 heterocycles. The Kier molecular flexibility index (Phi) is 4.41. The van der Waals surface area contributed by atoms with Crippen LogP contribution in [0.25, 0.3) is 0 Å². The molecule has 0 atom stereocenters. The second-order valence-corrected chi connectivity index (χ2v) is 4.83. The minimum Gasteiger partial charge on any atom is -0.478 e. The molecule has 0 saturated heterocycles. The SMILES string of the molecule is O=C(O)c1cccc(C(=O)O)c1CC=CS(=O)(=O)O. The number of carbonyl (C=O) groups is 2. The Balaban J connectivity index is 3.26. The Labute approximate surface area is 108 Å². The van der Waals surface area contributed by atoms with E-state index in [0.717, 1.165) is 6.08 Å². The maximum atomic E-state index is 11.0. The number of carboxylic acid groups (broad SMARTS) is 2. The summed E-state index contributed by atoms with van der Waals surface area (Å²) < 4.78 is 29.5. The summed E-state index contributed by atoms with van der Waals surface area (Å²) >= 11 is 0. The molecule has 0 spiro atoms. The topological polar surface area (TPSA) is 129 Å². The fourth-order valence-electron chi connectivity index (χ4n) is 1.50. The molecule has 19 heavy (non-hydrogen) atoms. The molecular weight excluding hydrogens is 276 g/mol. The van der Waals surface area contributed by atoms with E-state index in [0.29, 0.717) is 5.41 Å². The van der Waals surface area contributed by atoms with Crippen molar-refractivity contribution in [1.82, 2.24) is 0 Å². The van der Waals surface area contributed by atoms with Crippen molar-refractivity contribution in [3.05, 3.63) is 46.4 Å². The van der Waals surface area contributed by atoms with Gasteiger partial charge in [0, 0.05) is 0 Å². The van der Waals surface area contributed by atoms with Crippen LogP contribution in [0.4, 0.5) is 0 Å². The van der Waals surface area contributed by atoms with Crippen LogP contribution in [0.5, 0.6) is 0 Å². The lowest BCUT2D eigenvalue weighted by molar-refractivity contribution is 0.0696. The third-order valence-corrected chi connectivity index (χ3v) is 2.76. The van der Waals surface area contributed by atoms with Crippen LogP contribution in [-0.4, -0.2) is 35.1 Å². The number of hydrogen-bond acceptors (Lipinski definition) is 4. The first kappa shape index (κ1) is 14.9. The molecule has 1 rings (SSSR count). The van der Waals surface area contributed by atoms with Crippen LogP contribution in [0.2, 0.25) is 0 Å². The maximum Gasteiger partial charge on any atom is 0.335 e. The lowest BCUT2D eigenvalue weighted by Gasteiger charge is -2.07. The standard InChI is InChI=1S/C11H10O7S/c12-10(13)8-3-1-4-9(11(14)15)7(8)5-2-6-19(16,17)18/h1-4,6H,5H2,(H,12,13)(H,14,15)(H,16,17,18). The number of allylic oxidation sites excluding steroid dienone is 1. The Hall–Kier alpha value is -2.19. The van der Waals surface area contributed by atoms with E-state index < -0.39 is 22.1 Å². The zero-order chi connectivity index (χ0) is 14.6. The van der Waals surface area contributed by atoms with Gasteiger partial charge in [-0.3, -0.25) is 4.55 Å². The highest BCUT2D eigenvalue weighted by Gasteiger charge is 2.16. The molecule has 8 heteroatoms. The molecule has 0 saturated carbocycles. The van der Waals surface area contributed by atoms with Gasteiger partial charge in [0.2, 0.25) is 0 Å². The minimum atomic E-state index is -4.34. The van der Waals surface area contributed by atoms with Gasteiger partial charge in [-0.05, 0) is 24.1 Å².